The number of benzene rings is 3. The minimum absolute atomic E-state index is 0.274. The topological polar surface area (TPSA) is 29.5 Å². The van der Waals surface area contributed by atoms with E-state index in [0.29, 0.717) is 0 Å². The molecule has 2 nitrogen and oxygen atoms in total. The predicted octanol–water partition coefficient (Wildman–Crippen LogP) is 5.77. The van der Waals surface area contributed by atoms with E-state index in [0.717, 1.165) is 23.3 Å². The van der Waals surface area contributed by atoms with Crippen LogP contribution in [-0.2, 0) is 0 Å². The van der Waals surface area contributed by atoms with Crippen LogP contribution in [0.5, 0.6) is 11.5 Å². The number of phenolic OH excluding ortho intramolecular Hbond substituents is 1. The fourth-order valence-corrected chi connectivity index (χ4v) is 3.07. The molecule has 0 spiro atoms. The van der Waals surface area contributed by atoms with Crippen molar-refractivity contribution in [1.29, 1.82) is 0 Å². The summed E-state index contributed by atoms with van der Waals surface area (Å²) < 4.78 is 5.29. The van der Waals surface area contributed by atoms with E-state index in [4.69, 9.17) is 4.74 Å². The van der Waals surface area contributed by atoms with Crippen molar-refractivity contribution < 1.29 is 9.84 Å². The van der Waals surface area contributed by atoms with Gasteiger partial charge >= 0.3 is 0 Å². The molecular weight excluding hydrogens is 308 g/mol. The fourth-order valence-electron chi connectivity index (χ4n) is 3.07. The quantitative estimate of drug-likeness (QED) is 0.602. The molecule has 0 atom stereocenters. The highest BCUT2D eigenvalue weighted by Crippen LogP contribution is 2.35. The molecule has 0 unspecified atom stereocenters. The van der Waals surface area contributed by atoms with E-state index in [1.54, 1.807) is 19.2 Å². The molecule has 0 fully saturated rings. The van der Waals surface area contributed by atoms with Crippen molar-refractivity contribution in [2.24, 2.45) is 0 Å². The molecule has 2 heteroatoms. The van der Waals surface area contributed by atoms with Gasteiger partial charge in [0.1, 0.15) is 11.5 Å². The maximum absolute atomic E-state index is 9.66. The monoisotopic (exact) mass is 330 g/mol. The molecular formula is C23H22O2. The molecule has 0 radical (unpaired) electrons. The molecule has 126 valence electrons. The standard InChI is InChI=1S/C23H22O2/c1-3-22(17-7-5-4-6-8-17)23(18-9-13-20(24)14-10-18)19-11-15-21(25-2)16-12-19/h4-16,24H,3H2,1-2H3/b23-22-. The van der Waals surface area contributed by atoms with Crippen LogP contribution in [0.1, 0.15) is 30.0 Å². The second kappa shape index (κ2) is 7.71. The Hall–Kier alpha value is -3.00. The number of hydrogen-bond donors (Lipinski definition) is 1. The van der Waals surface area contributed by atoms with Crippen molar-refractivity contribution in [3.8, 4) is 11.5 Å². The molecule has 0 aliphatic carbocycles. The number of rotatable bonds is 5. The Morgan fingerprint density at radius 1 is 0.760 bits per heavy atom. The van der Waals surface area contributed by atoms with Gasteiger partial charge in [-0.2, -0.15) is 0 Å². The fraction of sp³-hybridized carbons (Fsp3) is 0.130. The summed E-state index contributed by atoms with van der Waals surface area (Å²) >= 11 is 0. The first kappa shape index (κ1) is 16.8. The normalized spacial score (nSPS) is 11.8. The van der Waals surface area contributed by atoms with E-state index < -0.39 is 0 Å². The number of methoxy groups -OCH3 is 1. The van der Waals surface area contributed by atoms with Crippen LogP contribution in [0.4, 0.5) is 0 Å². The maximum atomic E-state index is 9.66. The molecule has 0 amide bonds. The van der Waals surface area contributed by atoms with Crippen LogP contribution in [0, 0.1) is 0 Å². The lowest BCUT2D eigenvalue weighted by Crippen LogP contribution is -1.95. The smallest absolute Gasteiger partial charge is 0.118 e. The lowest BCUT2D eigenvalue weighted by atomic mass is 9.88. The minimum Gasteiger partial charge on any atom is -0.508 e. The summed E-state index contributed by atoms with van der Waals surface area (Å²) in [5.74, 6) is 1.11. The lowest BCUT2D eigenvalue weighted by Gasteiger charge is -2.16. The molecule has 3 rings (SSSR count). The third-order valence-corrected chi connectivity index (χ3v) is 4.31. The van der Waals surface area contributed by atoms with Crippen LogP contribution < -0.4 is 4.74 Å². The van der Waals surface area contributed by atoms with Crippen molar-refractivity contribution in [1.82, 2.24) is 0 Å². The lowest BCUT2D eigenvalue weighted by molar-refractivity contribution is 0.415. The molecule has 0 aromatic heterocycles. The second-order valence-corrected chi connectivity index (χ2v) is 5.85. The molecule has 0 aliphatic rings. The Morgan fingerprint density at radius 2 is 1.32 bits per heavy atom. The van der Waals surface area contributed by atoms with E-state index in [-0.39, 0.29) is 5.75 Å². The van der Waals surface area contributed by atoms with E-state index in [1.807, 2.05) is 30.3 Å². The van der Waals surface area contributed by atoms with E-state index in [1.165, 1.54) is 16.7 Å². The van der Waals surface area contributed by atoms with Crippen LogP contribution in [0.15, 0.2) is 78.9 Å². The van der Waals surface area contributed by atoms with Gasteiger partial charge in [-0.1, -0.05) is 61.5 Å². The first-order valence-electron chi connectivity index (χ1n) is 8.45. The summed E-state index contributed by atoms with van der Waals surface area (Å²) in [6, 6.07) is 26.0. The van der Waals surface area contributed by atoms with Crippen molar-refractivity contribution >= 4 is 11.1 Å². The Labute approximate surface area is 149 Å². The molecule has 0 aliphatic heterocycles. The van der Waals surface area contributed by atoms with Gasteiger partial charge in [-0.15, -0.1) is 0 Å². The molecule has 0 bridgehead atoms. The summed E-state index contributed by atoms with van der Waals surface area (Å²) in [6.07, 6.45) is 0.909. The molecule has 3 aromatic rings. The number of ether oxygens (including phenoxy) is 1. The Bertz CT molecular complexity index is 845. The van der Waals surface area contributed by atoms with Gasteiger partial charge in [-0.3, -0.25) is 0 Å². The third-order valence-electron chi connectivity index (χ3n) is 4.31. The molecule has 1 N–H and O–H groups in total. The summed E-state index contributed by atoms with van der Waals surface area (Å²) in [5, 5.41) is 9.66. The molecule has 3 aromatic carbocycles. The maximum Gasteiger partial charge on any atom is 0.118 e. The highest BCUT2D eigenvalue weighted by atomic mass is 16.5. The van der Waals surface area contributed by atoms with Crippen molar-refractivity contribution in [3.63, 3.8) is 0 Å². The summed E-state index contributed by atoms with van der Waals surface area (Å²) in [7, 11) is 1.67. The van der Waals surface area contributed by atoms with E-state index in [9.17, 15) is 5.11 Å². The zero-order chi connectivity index (χ0) is 17.6. The largest absolute Gasteiger partial charge is 0.508 e. The van der Waals surface area contributed by atoms with Gasteiger partial charge in [0.2, 0.25) is 0 Å². The molecule has 0 heterocycles. The third kappa shape index (κ3) is 3.74. The van der Waals surface area contributed by atoms with Gasteiger partial charge in [-0.25, -0.2) is 0 Å². The summed E-state index contributed by atoms with van der Waals surface area (Å²) in [4.78, 5) is 0. The Kier molecular flexibility index (Phi) is 5.20. The summed E-state index contributed by atoms with van der Waals surface area (Å²) in [6.45, 7) is 2.17. The Balaban J connectivity index is 2.23. The molecule has 0 saturated carbocycles. The highest BCUT2D eigenvalue weighted by Gasteiger charge is 2.13. The highest BCUT2D eigenvalue weighted by molar-refractivity contribution is 5.98. The first-order chi connectivity index (χ1) is 12.2. The van der Waals surface area contributed by atoms with E-state index >= 15 is 0 Å². The van der Waals surface area contributed by atoms with Crippen molar-refractivity contribution in [3.05, 3.63) is 95.6 Å². The second-order valence-electron chi connectivity index (χ2n) is 5.85. The van der Waals surface area contributed by atoms with E-state index in [2.05, 4.69) is 43.3 Å². The van der Waals surface area contributed by atoms with Gasteiger partial charge in [-0.05, 0) is 58.5 Å². The number of aromatic hydroxyl groups is 1. The first-order valence-corrected chi connectivity index (χ1v) is 8.45. The Morgan fingerprint density at radius 3 is 1.84 bits per heavy atom. The average molecular weight is 330 g/mol. The predicted molar refractivity (Wildman–Crippen MR) is 104 cm³/mol. The van der Waals surface area contributed by atoms with Crippen LogP contribution in [0.2, 0.25) is 0 Å². The zero-order valence-electron chi connectivity index (χ0n) is 14.6. The molecule has 0 saturated heterocycles. The minimum atomic E-state index is 0.274. The molecule has 25 heavy (non-hydrogen) atoms. The van der Waals surface area contributed by atoms with Crippen LogP contribution in [0.3, 0.4) is 0 Å². The SMILES string of the molecule is CC/C(=C(\c1ccc(O)cc1)c1ccc(OC)cc1)c1ccccc1. The van der Waals surface area contributed by atoms with Gasteiger partial charge in [0.05, 0.1) is 7.11 Å². The van der Waals surface area contributed by atoms with Gasteiger partial charge in [0.25, 0.3) is 0 Å². The van der Waals surface area contributed by atoms with Gasteiger partial charge in [0, 0.05) is 0 Å². The van der Waals surface area contributed by atoms with Crippen molar-refractivity contribution in [2.75, 3.05) is 7.11 Å². The van der Waals surface area contributed by atoms with Gasteiger partial charge in [0.15, 0.2) is 0 Å². The number of allylic oxidation sites excluding steroid dienone is 1. The number of phenols is 1. The van der Waals surface area contributed by atoms with Crippen LogP contribution >= 0.6 is 0 Å². The number of hydrogen-bond acceptors (Lipinski definition) is 2. The van der Waals surface area contributed by atoms with Crippen LogP contribution in [-0.4, -0.2) is 12.2 Å². The average Bonchev–Trinajstić information content (AvgIpc) is 2.68. The van der Waals surface area contributed by atoms with Crippen molar-refractivity contribution in [2.45, 2.75) is 13.3 Å². The van der Waals surface area contributed by atoms with Gasteiger partial charge < -0.3 is 9.84 Å². The zero-order valence-corrected chi connectivity index (χ0v) is 14.6. The van der Waals surface area contributed by atoms with Crippen LogP contribution in [0.25, 0.3) is 11.1 Å². The summed E-state index contributed by atoms with van der Waals surface area (Å²) in [5.41, 5.74) is 5.88.